The van der Waals surface area contributed by atoms with Crippen LogP contribution in [-0.4, -0.2) is 25.7 Å². The molecular weight excluding hydrogens is 208 g/mol. The van der Waals surface area contributed by atoms with Crippen molar-refractivity contribution in [3.63, 3.8) is 0 Å². The molecule has 2 aliphatic rings. The predicted molar refractivity (Wildman–Crippen MR) is 71.4 cm³/mol. The van der Waals surface area contributed by atoms with Crippen molar-refractivity contribution < 1.29 is 0 Å². The first-order valence-corrected chi connectivity index (χ1v) is 6.80. The molecule has 1 aromatic carbocycles. The van der Waals surface area contributed by atoms with Crippen LogP contribution in [-0.2, 0) is 5.41 Å². The molecule has 3 rings (SSSR count). The van der Waals surface area contributed by atoms with E-state index in [4.69, 9.17) is 0 Å². The third-order valence-corrected chi connectivity index (χ3v) is 4.31. The molecular formula is C15H22N2. The van der Waals surface area contributed by atoms with Crippen LogP contribution in [0.1, 0.15) is 30.4 Å². The van der Waals surface area contributed by atoms with Crippen molar-refractivity contribution in [1.29, 1.82) is 0 Å². The molecule has 2 fully saturated rings. The van der Waals surface area contributed by atoms with Gasteiger partial charge in [-0.15, -0.1) is 0 Å². The molecule has 1 heterocycles. The Bertz CT molecular complexity index is 372. The van der Waals surface area contributed by atoms with Crippen LogP contribution in [0.15, 0.2) is 24.3 Å². The van der Waals surface area contributed by atoms with Crippen molar-refractivity contribution in [3.8, 4) is 0 Å². The number of hydrogen-bond donors (Lipinski definition) is 2. The van der Waals surface area contributed by atoms with Crippen molar-refractivity contribution in [2.45, 2.75) is 37.6 Å². The molecule has 2 nitrogen and oxygen atoms in total. The number of benzene rings is 1. The highest BCUT2D eigenvalue weighted by molar-refractivity contribution is 5.34. The van der Waals surface area contributed by atoms with E-state index in [1.54, 1.807) is 0 Å². The molecule has 1 saturated heterocycles. The molecule has 0 spiro atoms. The van der Waals surface area contributed by atoms with Crippen LogP contribution in [0.2, 0.25) is 0 Å². The summed E-state index contributed by atoms with van der Waals surface area (Å²) in [7, 11) is 0. The zero-order valence-electron chi connectivity index (χ0n) is 10.6. The average molecular weight is 230 g/mol. The molecule has 0 bridgehead atoms. The van der Waals surface area contributed by atoms with E-state index < -0.39 is 0 Å². The lowest BCUT2D eigenvalue weighted by Gasteiger charge is -2.20. The van der Waals surface area contributed by atoms with E-state index in [0.29, 0.717) is 11.5 Å². The predicted octanol–water partition coefficient (Wildman–Crippen LogP) is 1.98. The van der Waals surface area contributed by atoms with Gasteiger partial charge in [0.25, 0.3) is 0 Å². The van der Waals surface area contributed by atoms with E-state index in [2.05, 4.69) is 41.8 Å². The Kier molecular flexibility index (Phi) is 2.93. The van der Waals surface area contributed by atoms with Gasteiger partial charge in [-0.3, -0.25) is 0 Å². The standard InChI is InChI=1S/C15H22N2/c1-12-2-4-13(5-3-12)15(7-8-15)11-17-14-6-9-16-10-14/h2-5,14,16-17H,6-11H2,1H3. The summed E-state index contributed by atoms with van der Waals surface area (Å²) in [5.41, 5.74) is 3.34. The summed E-state index contributed by atoms with van der Waals surface area (Å²) in [6.07, 6.45) is 3.98. The number of rotatable bonds is 4. The van der Waals surface area contributed by atoms with E-state index in [1.807, 2.05) is 0 Å². The maximum Gasteiger partial charge on any atom is 0.0204 e. The van der Waals surface area contributed by atoms with Gasteiger partial charge in [0.1, 0.15) is 0 Å². The first-order chi connectivity index (χ1) is 8.28. The van der Waals surface area contributed by atoms with Crippen molar-refractivity contribution in [3.05, 3.63) is 35.4 Å². The number of aryl methyl sites for hydroxylation is 1. The summed E-state index contributed by atoms with van der Waals surface area (Å²) in [6.45, 7) is 5.63. The zero-order valence-corrected chi connectivity index (χ0v) is 10.6. The molecule has 0 radical (unpaired) electrons. The van der Waals surface area contributed by atoms with Gasteiger partial charge in [-0.1, -0.05) is 29.8 Å². The second kappa shape index (κ2) is 4.43. The highest BCUT2D eigenvalue weighted by Crippen LogP contribution is 2.47. The molecule has 1 unspecified atom stereocenters. The van der Waals surface area contributed by atoms with Crippen molar-refractivity contribution in [2.75, 3.05) is 19.6 Å². The van der Waals surface area contributed by atoms with Gasteiger partial charge < -0.3 is 10.6 Å². The Morgan fingerprint density at radius 2 is 2.06 bits per heavy atom. The minimum absolute atomic E-state index is 0.455. The third-order valence-electron chi connectivity index (χ3n) is 4.31. The van der Waals surface area contributed by atoms with E-state index >= 15 is 0 Å². The lowest BCUT2D eigenvalue weighted by molar-refractivity contribution is 0.495. The smallest absolute Gasteiger partial charge is 0.0204 e. The molecule has 1 saturated carbocycles. The minimum atomic E-state index is 0.455. The lowest BCUT2D eigenvalue weighted by Crippen LogP contribution is -2.37. The van der Waals surface area contributed by atoms with E-state index in [0.717, 1.165) is 13.1 Å². The Morgan fingerprint density at radius 3 is 2.65 bits per heavy atom. The lowest BCUT2D eigenvalue weighted by atomic mass is 9.94. The van der Waals surface area contributed by atoms with Crippen molar-refractivity contribution >= 4 is 0 Å². The summed E-state index contributed by atoms with van der Waals surface area (Å²) in [5.74, 6) is 0. The maximum absolute atomic E-state index is 3.73. The van der Waals surface area contributed by atoms with Gasteiger partial charge in [0, 0.05) is 24.5 Å². The van der Waals surface area contributed by atoms with E-state index in [-0.39, 0.29) is 0 Å². The van der Waals surface area contributed by atoms with Crippen LogP contribution in [0.5, 0.6) is 0 Å². The van der Waals surface area contributed by atoms with Gasteiger partial charge >= 0.3 is 0 Å². The second-order valence-corrected chi connectivity index (χ2v) is 5.72. The maximum atomic E-state index is 3.73. The number of hydrogen-bond acceptors (Lipinski definition) is 2. The van der Waals surface area contributed by atoms with Crippen LogP contribution in [0.4, 0.5) is 0 Å². The first-order valence-electron chi connectivity index (χ1n) is 6.80. The molecule has 0 amide bonds. The largest absolute Gasteiger partial charge is 0.315 e. The fourth-order valence-corrected chi connectivity index (χ4v) is 2.79. The van der Waals surface area contributed by atoms with Gasteiger partial charge in [-0.05, 0) is 38.3 Å². The summed E-state index contributed by atoms with van der Waals surface area (Å²) >= 11 is 0. The Hall–Kier alpha value is -0.860. The average Bonchev–Trinajstić information content (AvgIpc) is 2.95. The molecule has 1 aliphatic heterocycles. The molecule has 2 N–H and O–H groups in total. The monoisotopic (exact) mass is 230 g/mol. The van der Waals surface area contributed by atoms with Gasteiger partial charge in [0.2, 0.25) is 0 Å². The first kappa shape index (κ1) is 11.2. The quantitative estimate of drug-likeness (QED) is 0.826. The van der Waals surface area contributed by atoms with Crippen LogP contribution in [0.25, 0.3) is 0 Å². The minimum Gasteiger partial charge on any atom is -0.315 e. The highest BCUT2D eigenvalue weighted by Gasteiger charge is 2.44. The Morgan fingerprint density at radius 1 is 1.29 bits per heavy atom. The van der Waals surface area contributed by atoms with Gasteiger partial charge in [0.05, 0.1) is 0 Å². The van der Waals surface area contributed by atoms with Gasteiger partial charge in [-0.25, -0.2) is 0 Å². The molecule has 92 valence electrons. The Labute approximate surface area is 104 Å². The van der Waals surface area contributed by atoms with Crippen LogP contribution >= 0.6 is 0 Å². The van der Waals surface area contributed by atoms with E-state index in [1.165, 1.54) is 36.9 Å². The summed E-state index contributed by atoms with van der Waals surface area (Å²) in [6, 6.07) is 9.81. The molecule has 2 heteroatoms. The second-order valence-electron chi connectivity index (χ2n) is 5.72. The third kappa shape index (κ3) is 2.38. The summed E-state index contributed by atoms with van der Waals surface area (Å²) < 4.78 is 0. The van der Waals surface area contributed by atoms with E-state index in [9.17, 15) is 0 Å². The summed E-state index contributed by atoms with van der Waals surface area (Å²) in [4.78, 5) is 0. The molecule has 1 aromatic rings. The molecule has 1 atom stereocenters. The highest BCUT2D eigenvalue weighted by atomic mass is 15.0. The summed E-state index contributed by atoms with van der Waals surface area (Å²) in [5, 5.41) is 7.15. The SMILES string of the molecule is Cc1ccc(C2(CNC3CCNC3)CC2)cc1. The molecule has 1 aliphatic carbocycles. The zero-order chi connectivity index (χ0) is 11.7. The molecule has 17 heavy (non-hydrogen) atoms. The van der Waals surface area contributed by atoms with Crippen molar-refractivity contribution in [1.82, 2.24) is 10.6 Å². The van der Waals surface area contributed by atoms with Crippen LogP contribution < -0.4 is 10.6 Å². The molecule has 0 aromatic heterocycles. The van der Waals surface area contributed by atoms with Crippen LogP contribution in [0, 0.1) is 6.92 Å². The fourth-order valence-electron chi connectivity index (χ4n) is 2.79. The van der Waals surface area contributed by atoms with Crippen molar-refractivity contribution in [2.24, 2.45) is 0 Å². The Balaban J connectivity index is 1.63. The fraction of sp³-hybridized carbons (Fsp3) is 0.600. The van der Waals surface area contributed by atoms with Crippen LogP contribution in [0.3, 0.4) is 0 Å². The number of nitrogens with one attached hydrogen (secondary N) is 2. The normalized spacial score (nSPS) is 26.1. The van der Waals surface area contributed by atoms with Gasteiger partial charge in [0.15, 0.2) is 0 Å². The topological polar surface area (TPSA) is 24.1 Å². The van der Waals surface area contributed by atoms with Gasteiger partial charge in [-0.2, -0.15) is 0 Å².